The van der Waals surface area contributed by atoms with E-state index >= 15 is 0 Å². The zero-order valence-corrected chi connectivity index (χ0v) is 18.5. The van der Waals surface area contributed by atoms with Crippen LogP contribution in [0.25, 0.3) is 0 Å². The van der Waals surface area contributed by atoms with Gasteiger partial charge in [0.25, 0.3) is 0 Å². The van der Waals surface area contributed by atoms with Gasteiger partial charge in [0.2, 0.25) is 5.78 Å². The van der Waals surface area contributed by atoms with Crippen LogP contribution in [0.1, 0.15) is 62.4 Å². The summed E-state index contributed by atoms with van der Waals surface area (Å²) in [6, 6.07) is 4.94. The maximum Gasteiger partial charge on any atom is 0.411 e. The molecule has 2 aliphatic carbocycles. The largest absolute Gasteiger partial charge is 0.452 e. The van der Waals surface area contributed by atoms with Gasteiger partial charge in [0, 0.05) is 16.1 Å². The van der Waals surface area contributed by atoms with Crippen LogP contribution in [0.3, 0.4) is 0 Å². The highest BCUT2D eigenvalue weighted by atomic mass is 79.9. The molecule has 3 aliphatic rings. The maximum absolute atomic E-state index is 13.0. The van der Waals surface area contributed by atoms with E-state index in [1.54, 1.807) is 26.8 Å². The Labute approximate surface area is 179 Å². The van der Waals surface area contributed by atoms with Crippen LogP contribution in [-0.4, -0.2) is 46.5 Å². The maximum atomic E-state index is 13.0. The van der Waals surface area contributed by atoms with Crippen molar-refractivity contribution in [3.8, 4) is 0 Å². The highest BCUT2D eigenvalue weighted by Gasteiger charge is 2.58. The number of ketones is 1. The summed E-state index contributed by atoms with van der Waals surface area (Å²) in [5.74, 6) is -0.338. The van der Waals surface area contributed by atoms with Crippen LogP contribution in [0.15, 0.2) is 22.7 Å². The number of esters is 1. The summed E-state index contributed by atoms with van der Waals surface area (Å²) in [5, 5.41) is 0. The molecule has 1 aliphatic heterocycles. The summed E-state index contributed by atoms with van der Waals surface area (Å²) in [4.78, 5) is 40.1. The molecule has 4 atom stereocenters. The van der Waals surface area contributed by atoms with E-state index in [9.17, 15) is 14.4 Å². The van der Waals surface area contributed by atoms with Gasteiger partial charge in [-0.3, -0.25) is 9.69 Å². The zero-order valence-electron chi connectivity index (χ0n) is 16.9. The molecule has 29 heavy (non-hydrogen) atoms. The topological polar surface area (TPSA) is 72.9 Å². The van der Waals surface area contributed by atoms with Crippen molar-refractivity contribution in [2.24, 2.45) is 5.92 Å². The predicted molar refractivity (Wildman–Crippen MR) is 110 cm³/mol. The van der Waals surface area contributed by atoms with Crippen molar-refractivity contribution in [2.45, 2.75) is 76.7 Å². The van der Waals surface area contributed by atoms with Gasteiger partial charge in [0.05, 0.1) is 0 Å². The minimum absolute atomic E-state index is 0.0466. The second kappa shape index (κ2) is 7.42. The Morgan fingerprint density at radius 1 is 1.21 bits per heavy atom. The van der Waals surface area contributed by atoms with Gasteiger partial charge in [-0.2, -0.15) is 0 Å². The van der Waals surface area contributed by atoms with E-state index in [0.29, 0.717) is 24.3 Å². The fourth-order valence-electron chi connectivity index (χ4n) is 4.37. The first-order valence-corrected chi connectivity index (χ1v) is 11.0. The number of nitrogens with zero attached hydrogens (tertiary/aromatic N) is 1. The molecule has 1 aromatic carbocycles. The van der Waals surface area contributed by atoms with Gasteiger partial charge in [0.1, 0.15) is 11.6 Å². The van der Waals surface area contributed by atoms with E-state index in [0.717, 1.165) is 29.3 Å². The van der Waals surface area contributed by atoms with Gasteiger partial charge in [-0.1, -0.05) is 15.9 Å². The van der Waals surface area contributed by atoms with Gasteiger partial charge in [0.15, 0.2) is 6.10 Å². The van der Waals surface area contributed by atoms with E-state index in [-0.39, 0.29) is 11.8 Å². The molecular weight excluding hydrogens is 438 g/mol. The molecule has 2 fully saturated rings. The average Bonchev–Trinajstić information content (AvgIpc) is 3.30. The third-order valence-corrected chi connectivity index (χ3v) is 6.27. The van der Waals surface area contributed by atoms with Crippen LogP contribution >= 0.6 is 15.9 Å². The van der Waals surface area contributed by atoms with Gasteiger partial charge < -0.3 is 9.47 Å². The normalized spacial score (nSPS) is 28.3. The smallest absolute Gasteiger partial charge is 0.411 e. The van der Waals surface area contributed by atoms with Crippen molar-refractivity contribution >= 4 is 33.8 Å². The van der Waals surface area contributed by atoms with Crippen molar-refractivity contribution in [1.82, 2.24) is 4.90 Å². The molecule has 0 aromatic heterocycles. The molecule has 6 nitrogen and oxygen atoms in total. The van der Waals surface area contributed by atoms with E-state index in [4.69, 9.17) is 9.47 Å². The fraction of sp³-hybridized carbons (Fsp3) is 0.591. The Hall–Kier alpha value is -1.89. The lowest BCUT2D eigenvalue weighted by Gasteiger charge is -2.30. The Kier molecular flexibility index (Phi) is 5.21. The number of carbonyl (C=O) groups excluding carboxylic acids is 3. The predicted octanol–water partition coefficient (Wildman–Crippen LogP) is 4.28. The van der Waals surface area contributed by atoms with Crippen molar-refractivity contribution in [1.29, 1.82) is 0 Å². The van der Waals surface area contributed by atoms with Crippen molar-refractivity contribution < 1.29 is 23.9 Å². The third-order valence-electron chi connectivity index (χ3n) is 5.78. The first-order chi connectivity index (χ1) is 13.6. The standard InChI is InChI=1S/C22H26BrNO5/c1-22(2,3)29-21(27)24-16-10-13(16)11-17(24)20(26)28-18-6-4-5-12-9-14(23)7-8-15(12)19(18)25/h7-9,13,16-18H,4-6,10-11H2,1-3H3/t13-,16-,17+,18?/m1/s1. The molecule has 0 N–H and O–H groups in total. The first kappa shape index (κ1) is 20.4. The lowest BCUT2D eigenvalue weighted by molar-refractivity contribution is -0.153. The van der Waals surface area contributed by atoms with E-state index in [2.05, 4.69) is 15.9 Å². The third kappa shape index (κ3) is 4.20. The second-order valence-corrected chi connectivity index (χ2v) is 10.1. The molecule has 1 aromatic rings. The molecule has 1 unspecified atom stereocenters. The summed E-state index contributed by atoms with van der Waals surface area (Å²) in [6.45, 7) is 5.41. The highest BCUT2D eigenvalue weighted by Crippen LogP contribution is 2.48. The van der Waals surface area contributed by atoms with E-state index in [1.165, 1.54) is 4.90 Å². The van der Waals surface area contributed by atoms with Crippen molar-refractivity contribution in [3.05, 3.63) is 33.8 Å². The number of ether oxygens (including phenoxy) is 2. The molecule has 1 amide bonds. The average molecular weight is 464 g/mol. The van der Waals surface area contributed by atoms with Gasteiger partial charge >= 0.3 is 12.1 Å². The molecule has 156 valence electrons. The summed E-state index contributed by atoms with van der Waals surface area (Å²) in [7, 11) is 0. The van der Waals surface area contributed by atoms with Crippen LogP contribution in [0.4, 0.5) is 4.79 Å². The number of aryl methyl sites for hydroxylation is 1. The molecule has 0 bridgehead atoms. The van der Waals surface area contributed by atoms with E-state index < -0.39 is 29.8 Å². The molecule has 1 saturated carbocycles. The molecule has 1 heterocycles. The molecule has 0 spiro atoms. The number of fused-ring (bicyclic) bond motifs is 2. The van der Waals surface area contributed by atoms with Crippen LogP contribution in [0.5, 0.6) is 0 Å². The van der Waals surface area contributed by atoms with Crippen LogP contribution in [0.2, 0.25) is 0 Å². The molecule has 1 saturated heterocycles. The molecule has 7 heteroatoms. The van der Waals surface area contributed by atoms with Gasteiger partial charge in [-0.15, -0.1) is 0 Å². The van der Waals surface area contributed by atoms with Crippen molar-refractivity contribution in [3.63, 3.8) is 0 Å². The number of likely N-dealkylation sites (tertiary alicyclic amines) is 1. The Bertz CT molecular complexity index is 861. The lowest BCUT2D eigenvalue weighted by Crippen LogP contribution is -2.47. The van der Waals surface area contributed by atoms with Gasteiger partial charge in [-0.05, 0) is 82.6 Å². The number of Topliss-reactive ketones (excluding diaryl/α,β-unsaturated/α-hetero) is 1. The Morgan fingerprint density at radius 3 is 2.69 bits per heavy atom. The van der Waals surface area contributed by atoms with Crippen LogP contribution in [0, 0.1) is 5.92 Å². The number of halogens is 1. The summed E-state index contributed by atoms with van der Waals surface area (Å²) >= 11 is 3.44. The fourth-order valence-corrected chi connectivity index (χ4v) is 4.78. The first-order valence-electron chi connectivity index (χ1n) is 10.2. The number of amides is 1. The molecule has 4 rings (SSSR count). The van der Waals surface area contributed by atoms with Crippen LogP contribution < -0.4 is 0 Å². The second-order valence-electron chi connectivity index (χ2n) is 9.19. The minimum atomic E-state index is -0.803. The number of rotatable bonds is 2. The minimum Gasteiger partial charge on any atom is -0.452 e. The highest BCUT2D eigenvalue weighted by molar-refractivity contribution is 9.10. The number of carbonyl (C=O) groups is 3. The Balaban J connectivity index is 1.48. The molecular formula is C22H26BrNO5. The number of hydrogen-bond donors (Lipinski definition) is 0. The number of benzene rings is 1. The van der Waals surface area contributed by atoms with Crippen molar-refractivity contribution in [2.75, 3.05) is 0 Å². The molecule has 0 radical (unpaired) electrons. The van der Waals surface area contributed by atoms with E-state index in [1.807, 2.05) is 12.1 Å². The lowest BCUT2D eigenvalue weighted by atomic mass is 10.0. The summed E-state index contributed by atoms with van der Waals surface area (Å²) < 4.78 is 12.1. The Morgan fingerprint density at radius 2 is 1.97 bits per heavy atom. The number of hydrogen-bond acceptors (Lipinski definition) is 5. The monoisotopic (exact) mass is 463 g/mol. The van der Waals surface area contributed by atoms with Crippen LogP contribution in [-0.2, 0) is 20.7 Å². The SMILES string of the molecule is CC(C)(C)OC(=O)N1[C@@H]2C[C@@H]2C[C@H]1C(=O)OC1CCCc2cc(Br)ccc2C1=O. The summed E-state index contributed by atoms with van der Waals surface area (Å²) in [6.07, 6.45) is 2.21. The van der Waals surface area contributed by atoms with Gasteiger partial charge in [-0.25, -0.2) is 9.59 Å². The summed E-state index contributed by atoms with van der Waals surface area (Å²) in [5.41, 5.74) is 0.954. The number of piperidine rings is 1. The zero-order chi connectivity index (χ0) is 20.9. The quantitative estimate of drug-likeness (QED) is 0.483.